The summed E-state index contributed by atoms with van der Waals surface area (Å²) in [5, 5.41) is 3.41. The van der Waals surface area contributed by atoms with Crippen LogP contribution in [0, 0.1) is 0 Å². The van der Waals surface area contributed by atoms with E-state index in [1.165, 1.54) is 17.7 Å². The fourth-order valence-electron chi connectivity index (χ4n) is 2.81. The Morgan fingerprint density at radius 1 is 0.857 bits per heavy atom. The predicted molar refractivity (Wildman–Crippen MR) is 113 cm³/mol. The highest BCUT2D eigenvalue weighted by atomic mass is 32.2. The lowest BCUT2D eigenvalue weighted by Crippen LogP contribution is -2.13. The van der Waals surface area contributed by atoms with Gasteiger partial charge in [0.05, 0.1) is 11.5 Å². The van der Waals surface area contributed by atoms with Crippen molar-refractivity contribution in [3.8, 4) is 5.75 Å². The van der Waals surface area contributed by atoms with Gasteiger partial charge in [-0.15, -0.1) is 0 Å². The van der Waals surface area contributed by atoms with Crippen molar-refractivity contribution < 1.29 is 13.2 Å². The molecule has 0 fully saturated rings. The first-order valence-corrected chi connectivity index (χ1v) is 10.6. The maximum atomic E-state index is 12.6. The van der Waals surface area contributed by atoms with Crippen molar-refractivity contribution in [2.24, 2.45) is 0 Å². The first-order valence-electron chi connectivity index (χ1n) is 9.15. The number of hydrogen-bond acceptors (Lipinski definition) is 4. The van der Waals surface area contributed by atoms with Crippen LogP contribution in [0.1, 0.15) is 25.5 Å². The molecule has 3 aromatic rings. The zero-order chi connectivity index (χ0) is 20.0. The minimum absolute atomic E-state index is 0.146. The lowest BCUT2D eigenvalue weighted by molar-refractivity contribution is 0.340. The minimum atomic E-state index is -3.65. The molecule has 2 N–H and O–H groups in total. The summed E-state index contributed by atoms with van der Waals surface area (Å²) in [6, 6.07) is 23.8. The highest BCUT2D eigenvalue weighted by Gasteiger charge is 2.14. The van der Waals surface area contributed by atoms with E-state index in [1.54, 1.807) is 24.3 Å². The molecule has 28 heavy (non-hydrogen) atoms. The second-order valence-corrected chi connectivity index (χ2v) is 8.05. The molecule has 0 spiro atoms. The van der Waals surface area contributed by atoms with Gasteiger partial charge in [0.2, 0.25) is 0 Å². The van der Waals surface area contributed by atoms with Crippen LogP contribution in [0.3, 0.4) is 0 Å². The van der Waals surface area contributed by atoms with E-state index in [-0.39, 0.29) is 10.9 Å². The summed E-state index contributed by atoms with van der Waals surface area (Å²) in [5.74, 6) is 0.643. The van der Waals surface area contributed by atoms with Crippen LogP contribution in [0.15, 0.2) is 83.8 Å². The van der Waals surface area contributed by atoms with Gasteiger partial charge in [0.25, 0.3) is 10.0 Å². The summed E-state index contributed by atoms with van der Waals surface area (Å²) in [6.07, 6.45) is 0. The first kappa shape index (κ1) is 19.8. The molecule has 0 aliphatic carbocycles. The van der Waals surface area contributed by atoms with Crippen LogP contribution in [-0.2, 0) is 10.0 Å². The second-order valence-electron chi connectivity index (χ2n) is 6.36. The SMILES string of the molecule is CCOc1ccc(S(=O)(=O)Nc2ccc(NC(C)c3ccccc3)cc2)cc1. The monoisotopic (exact) mass is 396 g/mol. The molecule has 1 atom stereocenters. The number of anilines is 2. The number of benzene rings is 3. The average molecular weight is 397 g/mol. The van der Waals surface area contributed by atoms with Gasteiger partial charge in [-0.2, -0.15) is 0 Å². The second kappa shape index (κ2) is 8.80. The van der Waals surface area contributed by atoms with Crippen molar-refractivity contribution in [2.45, 2.75) is 24.8 Å². The van der Waals surface area contributed by atoms with Crippen LogP contribution in [0.5, 0.6) is 5.75 Å². The standard InChI is InChI=1S/C22H24N2O3S/c1-3-27-21-13-15-22(16-14-21)28(25,26)24-20-11-9-19(10-12-20)23-17(2)18-7-5-4-6-8-18/h4-17,23-24H,3H2,1-2H3. The normalized spacial score (nSPS) is 12.2. The van der Waals surface area contributed by atoms with E-state index in [9.17, 15) is 8.42 Å². The summed E-state index contributed by atoms with van der Waals surface area (Å²) in [4.78, 5) is 0.191. The van der Waals surface area contributed by atoms with Crippen molar-refractivity contribution >= 4 is 21.4 Å². The molecule has 0 saturated heterocycles. The number of sulfonamides is 1. The maximum absolute atomic E-state index is 12.6. The average Bonchev–Trinajstić information content (AvgIpc) is 2.70. The van der Waals surface area contributed by atoms with Gasteiger partial charge < -0.3 is 10.1 Å². The molecule has 146 valence electrons. The Bertz CT molecular complexity index is 986. The van der Waals surface area contributed by atoms with Crippen LogP contribution >= 0.6 is 0 Å². The van der Waals surface area contributed by atoms with Crippen molar-refractivity contribution in [3.05, 3.63) is 84.4 Å². The van der Waals surface area contributed by atoms with Crippen molar-refractivity contribution in [2.75, 3.05) is 16.6 Å². The van der Waals surface area contributed by atoms with E-state index in [0.717, 1.165) is 5.69 Å². The van der Waals surface area contributed by atoms with Crippen LogP contribution in [-0.4, -0.2) is 15.0 Å². The third-order valence-corrected chi connectivity index (χ3v) is 5.66. The molecule has 1 unspecified atom stereocenters. The van der Waals surface area contributed by atoms with E-state index in [1.807, 2.05) is 37.3 Å². The third kappa shape index (κ3) is 5.04. The highest BCUT2D eigenvalue weighted by molar-refractivity contribution is 7.92. The summed E-state index contributed by atoms with van der Waals surface area (Å²) in [7, 11) is -3.65. The van der Waals surface area contributed by atoms with E-state index in [0.29, 0.717) is 18.0 Å². The minimum Gasteiger partial charge on any atom is -0.494 e. The molecular weight excluding hydrogens is 372 g/mol. The van der Waals surface area contributed by atoms with Gasteiger partial charge >= 0.3 is 0 Å². The Hall–Kier alpha value is -2.99. The fraction of sp³-hybridized carbons (Fsp3) is 0.182. The molecule has 6 heteroatoms. The number of hydrogen-bond donors (Lipinski definition) is 2. The molecule has 0 aliphatic heterocycles. The van der Waals surface area contributed by atoms with Gasteiger partial charge in [0.1, 0.15) is 5.75 Å². The molecule has 0 radical (unpaired) electrons. The van der Waals surface area contributed by atoms with Crippen LogP contribution in [0.2, 0.25) is 0 Å². The number of ether oxygens (including phenoxy) is 1. The summed E-state index contributed by atoms with van der Waals surface area (Å²) in [5.41, 5.74) is 2.61. The highest BCUT2D eigenvalue weighted by Crippen LogP contribution is 2.23. The van der Waals surface area contributed by atoms with Crippen LogP contribution in [0.4, 0.5) is 11.4 Å². The van der Waals surface area contributed by atoms with E-state index in [2.05, 4.69) is 29.1 Å². The molecule has 0 heterocycles. The van der Waals surface area contributed by atoms with Gasteiger partial charge in [-0.25, -0.2) is 8.42 Å². The Balaban J connectivity index is 1.66. The smallest absolute Gasteiger partial charge is 0.261 e. The topological polar surface area (TPSA) is 67.4 Å². The Morgan fingerprint density at radius 2 is 1.46 bits per heavy atom. The summed E-state index contributed by atoms with van der Waals surface area (Å²) < 4.78 is 33.0. The lowest BCUT2D eigenvalue weighted by atomic mass is 10.1. The van der Waals surface area contributed by atoms with Gasteiger partial charge in [-0.05, 0) is 67.9 Å². The Morgan fingerprint density at radius 3 is 2.07 bits per heavy atom. The molecule has 5 nitrogen and oxygen atoms in total. The largest absolute Gasteiger partial charge is 0.494 e. The van der Waals surface area contributed by atoms with Gasteiger partial charge in [-0.3, -0.25) is 4.72 Å². The quantitative estimate of drug-likeness (QED) is 0.558. The van der Waals surface area contributed by atoms with Gasteiger partial charge in [0, 0.05) is 17.4 Å². The number of rotatable bonds is 8. The van der Waals surface area contributed by atoms with Gasteiger partial charge in [0.15, 0.2) is 0 Å². The fourth-order valence-corrected chi connectivity index (χ4v) is 3.86. The van der Waals surface area contributed by atoms with E-state index in [4.69, 9.17) is 4.74 Å². The third-order valence-electron chi connectivity index (χ3n) is 4.26. The molecule has 3 rings (SSSR count). The molecule has 0 saturated carbocycles. The molecule has 0 amide bonds. The Kier molecular flexibility index (Phi) is 6.21. The Labute approximate surface area is 166 Å². The summed E-state index contributed by atoms with van der Waals surface area (Å²) >= 11 is 0. The first-order chi connectivity index (χ1) is 13.5. The summed E-state index contributed by atoms with van der Waals surface area (Å²) in [6.45, 7) is 4.50. The zero-order valence-electron chi connectivity index (χ0n) is 15.9. The van der Waals surface area contributed by atoms with Crippen molar-refractivity contribution in [1.29, 1.82) is 0 Å². The predicted octanol–water partition coefficient (Wildman–Crippen LogP) is 5.06. The van der Waals surface area contributed by atoms with E-state index >= 15 is 0 Å². The van der Waals surface area contributed by atoms with Crippen LogP contribution < -0.4 is 14.8 Å². The van der Waals surface area contributed by atoms with Crippen molar-refractivity contribution in [1.82, 2.24) is 0 Å². The maximum Gasteiger partial charge on any atom is 0.261 e. The molecule has 0 bridgehead atoms. The van der Waals surface area contributed by atoms with Crippen LogP contribution in [0.25, 0.3) is 0 Å². The number of nitrogens with one attached hydrogen (secondary N) is 2. The molecule has 0 aliphatic rings. The molecule has 0 aromatic heterocycles. The molecular formula is C22H24N2O3S. The zero-order valence-corrected chi connectivity index (χ0v) is 16.7. The lowest BCUT2D eigenvalue weighted by Gasteiger charge is -2.16. The molecule has 3 aromatic carbocycles. The van der Waals surface area contributed by atoms with Gasteiger partial charge in [-0.1, -0.05) is 30.3 Å². The van der Waals surface area contributed by atoms with E-state index < -0.39 is 10.0 Å². The van der Waals surface area contributed by atoms with Crippen molar-refractivity contribution in [3.63, 3.8) is 0 Å².